The predicted molar refractivity (Wildman–Crippen MR) is 315 cm³/mol. The molecule has 14 atom stereocenters. The molecule has 8 amide bonds. The molecule has 35 heteroatoms. The molecule has 92 heavy (non-hydrogen) atoms. The van der Waals surface area contributed by atoms with Crippen LogP contribution in [-0.4, -0.2) is 212 Å². The number of primary amides is 1. The number of aliphatic hydroxyl groups excluding tert-OH is 7. The Kier molecular flexibility index (Phi) is 25.6. The van der Waals surface area contributed by atoms with Crippen molar-refractivity contribution in [2.24, 2.45) is 11.7 Å². The van der Waals surface area contributed by atoms with Crippen molar-refractivity contribution < 1.29 is 132 Å². The molecule has 0 saturated carbocycles. The number of aliphatic hydroxyl groups is 7. The van der Waals surface area contributed by atoms with Crippen LogP contribution in [0.2, 0.25) is 0 Å². The summed E-state index contributed by atoms with van der Waals surface area (Å²) in [4.78, 5) is 120. The maximum Gasteiger partial charge on any atom is 1.00 e. The topological polar surface area (TPSA) is 481 Å². The second kappa shape index (κ2) is 32.6. The van der Waals surface area contributed by atoms with Crippen LogP contribution in [0.15, 0.2) is 72.9 Å². The monoisotopic (exact) mass is 1330 g/mol. The Bertz CT molecular complexity index is 3390. The van der Waals surface area contributed by atoms with Gasteiger partial charge in [0.05, 0.1) is 55.4 Å². The predicted octanol–water partition coefficient (Wildman–Crippen LogP) is -6.12. The molecule has 3 aliphatic heterocycles. The third-order valence-corrected chi connectivity index (χ3v) is 16.9. The van der Waals surface area contributed by atoms with Gasteiger partial charge in [-0.3, -0.25) is 43.4 Å². The van der Waals surface area contributed by atoms with Gasteiger partial charge in [-0.1, -0.05) is 56.2 Å². The summed E-state index contributed by atoms with van der Waals surface area (Å²) in [5.74, 6) is -11.3. The number of aromatic nitrogens is 3. The van der Waals surface area contributed by atoms with Gasteiger partial charge in [0.25, 0.3) is 18.2 Å². The van der Waals surface area contributed by atoms with Crippen LogP contribution in [0.5, 0.6) is 17.2 Å². The molecular formula is C57H70N11NaO21S2. The number of nitrogens with zero attached hydrogens (tertiary/aromatic N) is 5. The molecule has 5 heterocycles. The molecule has 0 radical (unpaired) electrons. The number of nitrogens with two attached hydrogens (primary N) is 1. The first-order chi connectivity index (χ1) is 43.4. The summed E-state index contributed by atoms with van der Waals surface area (Å²) in [6, 6.07) is 4.14. The van der Waals surface area contributed by atoms with Crippen molar-refractivity contribution in [1.82, 2.24) is 51.0 Å². The second-order valence-corrected chi connectivity index (χ2v) is 23.7. The minimum Gasteiger partial charge on any atom is -0.691 e. The standard InChI is InChI=1S/C57H71N11O21S2.Na/c1-4-5-6-17-86-34-14-11-30(12-15-34)54-65-68-25-36(61-57(68)90-54)28-7-9-29(10-8-28)49(78)60-35-19-32(70)22-59-53(82)45-46(75)26(2)23-67(45)56(84)43(39(73)21-41(58)74)63-52(81)44(48(77)47(76)31-13-16-38(72)40(18-31)87-91-89-88-85)64-51(80)37-20-33(71)24-66(37)55(83)42(27(3)69)62-50(35)79;/h7-16,18,25-27,32-33,35,37,39,42-48,69-73,75-77,85H,4-6,17,19-24H2,1-3H3,(H2,58,74)(H,59,82)(H,60,78)(H,62,79)(H,63,81)(H,64,80);/q;+1/p-1/t26?,27?,32?,33?,35-,37?,39?,42?,43?,44?,45?,46?,47?,48?;/m0./s1. The van der Waals surface area contributed by atoms with Crippen LogP contribution >= 0.6 is 23.7 Å². The average Bonchev–Trinajstić information content (AvgIpc) is 2.04. The number of amides is 8. The number of carbonyl (C=O) groups excluding carboxylic acids is 8. The fourth-order valence-corrected chi connectivity index (χ4v) is 11.8. The third kappa shape index (κ3) is 17.6. The van der Waals surface area contributed by atoms with Crippen LogP contribution in [0, 0.1) is 5.92 Å². The molecule has 5 aromatic rings. The number of β-amino-alcohol motifs (C(OH)–C–C–N with tert-alkyl or cyclic N) is 1. The summed E-state index contributed by atoms with van der Waals surface area (Å²) in [6.07, 6.45) is -11.4. The minimum atomic E-state index is -2.54. The Morgan fingerprint density at radius 1 is 0.837 bits per heavy atom. The Labute approximate surface area is 555 Å². The fourth-order valence-electron chi connectivity index (χ4n) is 10.7. The van der Waals surface area contributed by atoms with Gasteiger partial charge < -0.3 is 97.1 Å². The van der Waals surface area contributed by atoms with Gasteiger partial charge in [-0.25, -0.2) is 9.50 Å². The number of ether oxygens (including phenoxy) is 1. The summed E-state index contributed by atoms with van der Waals surface area (Å²) in [5.41, 5.74) is 6.94. The fraction of sp³-hybridized carbons (Fsp3) is 0.474. The summed E-state index contributed by atoms with van der Waals surface area (Å²) in [5, 5.41) is 121. The van der Waals surface area contributed by atoms with Crippen molar-refractivity contribution in [1.29, 1.82) is 0 Å². The van der Waals surface area contributed by atoms with E-state index >= 15 is 0 Å². The number of benzene rings is 3. The molecule has 0 aliphatic carbocycles. The summed E-state index contributed by atoms with van der Waals surface area (Å²) < 4.78 is 16.5. The number of aromatic hydroxyl groups is 1. The van der Waals surface area contributed by atoms with Crippen LogP contribution in [0.4, 0.5) is 0 Å². The molecule has 3 saturated heterocycles. The van der Waals surface area contributed by atoms with Crippen LogP contribution < -0.4 is 76.1 Å². The van der Waals surface area contributed by atoms with Gasteiger partial charge in [0, 0.05) is 55.1 Å². The molecule has 8 rings (SSSR count). The van der Waals surface area contributed by atoms with E-state index in [2.05, 4.69) is 48.0 Å². The maximum atomic E-state index is 14.7. The molecule has 3 fully saturated rings. The Morgan fingerprint density at radius 3 is 2.17 bits per heavy atom. The smallest absolute Gasteiger partial charge is 0.691 e. The first-order valence-electron chi connectivity index (χ1n) is 28.9. The zero-order valence-corrected chi connectivity index (χ0v) is 53.7. The summed E-state index contributed by atoms with van der Waals surface area (Å²) >= 11 is 1.26. The quantitative estimate of drug-likeness (QED) is 0.0113. The Morgan fingerprint density at radius 2 is 1.51 bits per heavy atom. The van der Waals surface area contributed by atoms with Crippen LogP contribution in [-0.2, 0) is 42.9 Å². The molecule has 492 valence electrons. The zero-order valence-electron chi connectivity index (χ0n) is 50.1. The van der Waals surface area contributed by atoms with Gasteiger partial charge in [0.1, 0.15) is 59.2 Å². The van der Waals surface area contributed by atoms with Crippen LogP contribution in [0.3, 0.4) is 0 Å². The maximum absolute atomic E-state index is 14.7. The molecule has 3 aliphatic rings. The Balaban J connectivity index is 0.0000120. The molecule has 15 N–H and O–H groups in total. The van der Waals surface area contributed by atoms with Gasteiger partial charge in [-0.05, 0) is 67.4 Å². The number of hydrogen-bond donors (Lipinski definition) is 14. The van der Waals surface area contributed by atoms with E-state index in [1.807, 2.05) is 24.3 Å². The van der Waals surface area contributed by atoms with Gasteiger partial charge in [0.15, 0.2) is 11.5 Å². The zero-order chi connectivity index (χ0) is 66.0. The van der Waals surface area contributed by atoms with Crippen molar-refractivity contribution in [3.63, 3.8) is 0 Å². The summed E-state index contributed by atoms with van der Waals surface area (Å²) in [6.45, 7) is 3.41. The molecule has 3 aromatic carbocycles. The number of unbranched alkanes of at least 4 members (excludes halogenated alkanes) is 2. The number of phenols is 1. The van der Waals surface area contributed by atoms with Gasteiger partial charge in [-0.2, -0.15) is 5.10 Å². The summed E-state index contributed by atoms with van der Waals surface area (Å²) in [7, 11) is 0. The van der Waals surface area contributed by atoms with Gasteiger partial charge in [0.2, 0.25) is 46.3 Å². The number of nitrogens with one attached hydrogen (secondary N) is 5. The van der Waals surface area contributed by atoms with E-state index in [0.717, 1.165) is 65.5 Å². The molecule has 0 spiro atoms. The SMILES string of the molecule is CCCCCOc1ccc(-c2nn3cc(-c4ccc(C(=O)N[C@H]5CC(O)CNC(=O)C6C(O)C(C)CN6C(=O)C(C(O)CC(N)=O)NC(=O)C(C(O)C(O)c6ccc(O)c(OSOO[O-])c6)NC(=O)C6CC(O)CN6C(=O)C(C(C)O)NC5=O)cc4)nc3s2)cc1.[Na+]. The Hall–Kier alpha value is -7.13. The van der Waals surface area contributed by atoms with E-state index in [1.54, 1.807) is 22.8 Å². The molecule has 0 bridgehead atoms. The van der Waals surface area contributed by atoms with E-state index in [9.17, 15) is 84.5 Å². The number of carbonyl (C=O) groups is 8. The molecule has 13 unspecified atom stereocenters. The molecular weight excluding hydrogens is 1260 g/mol. The normalized spacial score (nSPS) is 24.9. The van der Waals surface area contributed by atoms with Crippen molar-refractivity contribution >= 4 is 75.9 Å². The second-order valence-electron chi connectivity index (χ2n) is 22.3. The number of hydrogen-bond acceptors (Lipinski definition) is 25. The van der Waals surface area contributed by atoms with Crippen molar-refractivity contribution in [2.45, 2.75) is 138 Å². The van der Waals surface area contributed by atoms with Gasteiger partial charge in [-0.15, -0.1) is 4.33 Å². The van der Waals surface area contributed by atoms with Crippen molar-refractivity contribution in [3.8, 4) is 39.1 Å². The van der Waals surface area contributed by atoms with Crippen molar-refractivity contribution in [2.75, 3.05) is 26.2 Å². The number of fused-ring (bicyclic) bond motifs is 3. The first-order valence-corrected chi connectivity index (χ1v) is 30.3. The third-order valence-electron chi connectivity index (χ3n) is 15.5. The van der Waals surface area contributed by atoms with E-state index < -0.39 is 183 Å². The van der Waals surface area contributed by atoms with Gasteiger partial charge >= 0.3 is 29.6 Å². The van der Waals surface area contributed by atoms with E-state index in [-0.39, 0.29) is 53.0 Å². The van der Waals surface area contributed by atoms with Crippen molar-refractivity contribution in [3.05, 3.63) is 84.1 Å². The average molecular weight is 1330 g/mol. The number of imidazole rings is 1. The van der Waals surface area contributed by atoms with Crippen LogP contribution in [0.25, 0.3) is 26.8 Å². The largest absolute Gasteiger partial charge is 1.00 e. The van der Waals surface area contributed by atoms with Crippen LogP contribution in [0.1, 0.15) is 81.3 Å². The first kappa shape index (κ1) is 72.3. The van der Waals surface area contributed by atoms with E-state index in [4.69, 9.17) is 19.6 Å². The minimum absolute atomic E-state index is 0. The molecule has 32 nitrogen and oxygen atoms in total. The number of rotatable bonds is 20. The van der Waals surface area contributed by atoms with E-state index in [0.29, 0.717) is 27.8 Å². The number of phenolic OH excluding ortho intramolecular Hbond substituents is 1. The van der Waals surface area contributed by atoms with E-state index in [1.165, 1.54) is 30.4 Å². The molecule has 2 aromatic heterocycles.